The Balaban J connectivity index is 2.11. The van der Waals surface area contributed by atoms with Gasteiger partial charge in [0.1, 0.15) is 0 Å². The molecule has 0 unspecified atom stereocenters. The number of sulfonamides is 1. The zero-order valence-corrected chi connectivity index (χ0v) is 14.0. The molecule has 0 saturated carbocycles. The number of hydrogen-bond acceptors (Lipinski definition) is 4. The molecule has 23 heavy (non-hydrogen) atoms. The van der Waals surface area contributed by atoms with Gasteiger partial charge in [0.2, 0.25) is 10.0 Å². The van der Waals surface area contributed by atoms with Crippen LogP contribution in [0.25, 0.3) is 0 Å². The van der Waals surface area contributed by atoms with Gasteiger partial charge in [-0.2, -0.15) is 0 Å². The molecule has 2 rings (SSSR count). The first-order chi connectivity index (χ1) is 10.9. The molecule has 0 fully saturated rings. The number of carbonyl (C=O) groups is 1. The van der Waals surface area contributed by atoms with Gasteiger partial charge in [-0.3, -0.25) is 0 Å². The summed E-state index contributed by atoms with van der Waals surface area (Å²) in [6, 6.07) is 13.4. The number of benzene rings is 2. The van der Waals surface area contributed by atoms with Crippen LogP contribution in [0.2, 0.25) is 5.02 Å². The molecule has 122 valence electrons. The SMILES string of the molecule is COC(=O)c1cc(S(=O)(=O)NCCc2ccccc2)ccc1Cl. The maximum Gasteiger partial charge on any atom is 0.339 e. The van der Waals surface area contributed by atoms with Gasteiger partial charge in [-0.05, 0) is 30.2 Å². The predicted octanol–water partition coefficient (Wildman–Crippen LogP) is 2.65. The number of hydrogen-bond donors (Lipinski definition) is 1. The molecule has 0 aliphatic heterocycles. The highest BCUT2D eigenvalue weighted by molar-refractivity contribution is 7.89. The van der Waals surface area contributed by atoms with Crippen LogP contribution in [0.15, 0.2) is 53.4 Å². The number of esters is 1. The molecule has 2 aromatic rings. The fourth-order valence-electron chi connectivity index (χ4n) is 2.00. The summed E-state index contributed by atoms with van der Waals surface area (Å²) in [5, 5.41) is 0.139. The molecule has 0 saturated heterocycles. The Kier molecular flexibility index (Phi) is 5.76. The number of halogens is 1. The quantitative estimate of drug-likeness (QED) is 0.810. The van der Waals surface area contributed by atoms with Crippen LogP contribution in [-0.4, -0.2) is 28.0 Å². The first-order valence-corrected chi connectivity index (χ1v) is 8.71. The number of rotatable bonds is 6. The first kappa shape index (κ1) is 17.5. The van der Waals surface area contributed by atoms with Gasteiger partial charge >= 0.3 is 5.97 Å². The highest BCUT2D eigenvalue weighted by atomic mass is 35.5. The van der Waals surface area contributed by atoms with Gasteiger partial charge in [0.15, 0.2) is 0 Å². The van der Waals surface area contributed by atoms with Gasteiger partial charge < -0.3 is 4.74 Å². The van der Waals surface area contributed by atoms with Crippen LogP contribution in [0.3, 0.4) is 0 Å². The smallest absolute Gasteiger partial charge is 0.339 e. The summed E-state index contributed by atoms with van der Waals surface area (Å²) in [5.41, 5.74) is 1.04. The van der Waals surface area contributed by atoms with Crippen molar-refractivity contribution in [3.63, 3.8) is 0 Å². The molecule has 0 aromatic heterocycles. The molecule has 0 aliphatic carbocycles. The molecule has 0 bridgehead atoms. The molecule has 7 heteroatoms. The van der Waals surface area contributed by atoms with Crippen LogP contribution in [0.5, 0.6) is 0 Å². The summed E-state index contributed by atoms with van der Waals surface area (Å²) in [6.45, 7) is 0.253. The molecule has 1 N–H and O–H groups in total. The van der Waals surface area contributed by atoms with Crippen LogP contribution in [0.4, 0.5) is 0 Å². The summed E-state index contributed by atoms with van der Waals surface area (Å²) in [6.07, 6.45) is 0.567. The summed E-state index contributed by atoms with van der Waals surface area (Å²) >= 11 is 5.89. The second-order valence-electron chi connectivity index (χ2n) is 4.77. The fraction of sp³-hybridized carbons (Fsp3) is 0.188. The van der Waals surface area contributed by atoms with Crippen molar-refractivity contribution in [1.82, 2.24) is 4.72 Å². The van der Waals surface area contributed by atoms with E-state index in [2.05, 4.69) is 9.46 Å². The van der Waals surface area contributed by atoms with Crippen LogP contribution >= 0.6 is 11.6 Å². The molecule has 0 radical (unpaired) electrons. The van der Waals surface area contributed by atoms with Crippen molar-refractivity contribution in [2.45, 2.75) is 11.3 Å². The molecule has 0 amide bonds. The third-order valence-corrected chi connectivity index (χ3v) is 4.99. The number of methoxy groups -OCH3 is 1. The standard InChI is InChI=1S/C16H16ClNO4S/c1-22-16(19)14-11-13(7-8-15(14)17)23(20,21)18-10-9-12-5-3-2-4-6-12/h2-8,11,18H,9-10H2,1H3. The lowest BCUT2D eigenvalue weighted by atomic mass is 10.2. The lowest BCUT2D eigenvalue weighted by Gasteiger charge is -2.09. The van der Waals surface area contributed by atoms with E-state index in [0.717, 1.165) is 5.56 Å². The van der Waals surface area contributed by atoms with E-state index in [4.69, 9.17) is 11.6 Å². The maximum atomic E-state index is 12.3. The first-order valence-electron chi connectivity index (χ1n) is 6.85. The van der Waals surface area contributed by atoms with E-state index in [0.29, 0.717) is 6.42 Å². The Morgan fingerprint density at radius 1 is 1.17 bits per heavy atom. The van der Waals surface area contributed by atoms with Crippen molar-refractivity contribution in [2.75, 3.05) is 13.7 Å². The molecular weight excluding hydrogens is 338 g/mol. The zero-order valence-electron chi connectivity index (χ0n) is 12.5. The Labute approximate surface area is 140 Å². The normalized spacial score (nSPS) is 11.2. The summed E-state index contributed by atoms with van der Waals surface area (Å²) in [7, 11) is -2.52. The van der Waals surface area contributed by atoms with Gasteiger partial charge in [-0.15, -0.1) is 0 Å². The number of nitrogens with one attached hydrogen (secondary N) is 1. The molecule has 5 nitrogen and oxygen atoms in total. The van der Waals surface area contributed by atoms with Gasteiger partial charge in [-0.25, -0.2) is 17.9 Å². The van der Waals surface area contributed by atoms with E-state index in [1.165, 1.54) is 25.3 Å². The Hall–Kier alpha value is -1.89. The van der Waals surface area contributed by atoms with E-state index in [1.54, 1.807) is 0 Å². The molecule has 0 spiro atoms. The van der Waals surface area contributed by atoms with Crippen LogP contribution < -0.4 is 4.72 Å². The Morgan fingerprint density at radius 2 is 1.87 bits per heavy atom. The van der Waals surface area contributed by atoms with Gasteiger partial charge in [0.25, 0.3) is 0 Å². The maximum absolute atomic E-state index is 12.3. The zero-order chi connectivity index (χ0) is 16.9. The number of ether oxygens (including phenoxy) is 1. The molecule has 2 aromatic carbocycles. The average Bonchev–Trinajstić information content (AvgIpc) is 2.55. The largest absolute Gasteiger partial charge is 0.465 e. The summed E-state index contributed by atoms with van der Waals surface area (Å²) < 4.78 is 31.7. The van der Waals surface area contributed by atoms with E-state index in [-0.39, 0.29) is 22.0 Å². The minimum Gasteiger partial charge on any atom is -0.465 e. The summed E-state index contributed by atoms with van der Waals surface area (Å²) in [5.74, 6) is -0.684. The van der Waals surface area contributed by atoms with Gasteiger partial charge in [0, 0.05) is 6.54 Å². The predicted molar refractivity (Wildman–Crippen MR) is 88.1 cm³/mol. The van der Waals surface area contributed by atoms with Crippen molar-refractivity contribution < 1.29 is 17.9 Å². The Bertz CT molecular complexity index is 791. The van der Waals surface area contributed by atoms with E-state index in [9.17, 15) is 13.2 Å². The molecule has 0 heterocycles. The van der Waals surface area contributed by atoms with Crippen molar-refractivity contribution in [2.24, 2.45) is 0 Å². The number of carbonyl (C=O) groups excluding carboxylic acids is 1. The second-order valence-corrected chi connectivity index (χ2v) is 6.94. The van der Waals surface area contributed by atoms with Crippen LogP contribution in [0, 0.1) is 0 Å². The molecule has 0 aliphatic rings. The van der Waals surface area contributed by atoms with Crippen molar-refractivity contribution in [3.05, 3.63) is 64.7 Å². The van der Waals surface area contributed by atoms with Crippen molar-refractivity contribution in [3.8, 4) is 0 Å². The van der Waals surface area contributed by atoms with E-state index in [1.807, 2.05) is 30.3 Å². The highest BCUT2D eigenvalue weighted by Crippen LogP contribution is 2.21. The van der Waals surface area contributed by atoms with Crippen LogP contribution in [-0.2, 0) is 21.2 Å². The van der Waals surface area contributed by atoms with Crippen molar-refractivity contribution >= 4 is 27.6 Å². The molecular formula is C16H16ClNO4S. The fourth-order valence-corrected chi connectivity index (χ4v) is 3.25. The molecule has 0 atom stereocenters. The Morgan fingerprint density at radius 3 is 2.52 bits per heavy atom. The van der Waals surface area contributed by atoms with Gasteiger partial charge in [-0.1, -0.05) is 41.9 Å². The third kappa shape index (κ3) is 4.54. The lowest BCUT2D eigenvalue weighted by Crippen LogP contribution is -2.26. The minimum atomic E-state index is -3.73. The monoisotopic (exact) mass is 353 g/mol. The van der Waals surface area contributed by atoms with E-state index < -0.39 is 16.0 Å². The van der Waals surface area contributed by atoms with Crippen LogP contribution in [0.1, 0.15) is 15.9 Å². The third-order valence-electron chi connectivity index (χ3n) is 3.20. The average molecular weight is 354 g/mol. The second kappa shape index (κ2) is 7.59. The van der Waals surface area contributed by atoms with Gasteiger partial charge in [0.05, 0.1) is 22.6 Å². The lowest BCUT2D eigenvalue weighted by molar-refractivity contribution is 0.0600. The summed E-state index contributed by atoms with van der Waals surface area (Å²) in [4.78, 5) is 11.6. The van der Waals surface area contributed by atoms with E-state index >= 15 is 0 Å². The minimum absolute atomic E-state index is 0.0140. The topological polar surface area (TPSA) is 72.5 Å². The highest BCUT2D eigenvalue weighted by Gasteiger charge is 2.18. The van der Waals surface area contributed by atoms with Crippen molar-refractivity contribution in [1.29, 1.82) is 0 Å².